The Labute approximate surface area is 124 Å². The second kappa shape index (κ2) is 7.48. The van der Waals surface area contributed by atoms with Crippen LogP contribution in [0.3, 0.4) is 0 Å². The van der Waals surface area contributed by atoms with Gasteiger partial charge in [-0.25, -0.2) is 0 Å². The Bertz CT molecular complexity index is 461. The molecule has 1 aliphatic rings. The molecule has 0 aromatic heterocycles. The summed E-state index contributed by atoms with van der Waals surface area (Å²) in [7, 11) is 0. The molecule has 3 nitrogen and oxygen atoms in total. The van der Waals surface area contributed by atoms with Gasteiger partial charge in [0, 0.05) is 23.9 Å². The summed E-state index contributed by atoms with van der Waals surface area (Å²) in [6, 6.07) is 10.1. The van der Waals surface area contributed by atoms with Gasteiger partial charge in [-0.1, -0.05) is 18.2 Å². The molecular formula is C16H21NO2S. The maximum atomic E-state index is 12.4. The number of carbonyl (C=O) groups excluding carboxylic acids is 2. The van der Waals surface area contributed by atoms with Crippen molar-refractivity contribution in [3.05, 3.63) is 30.3 Å². The molecule has 1 unspecified atom stereocenters. The highest BCUT2D eigenvalue weighted by atomic mass is 32.2. The Kier molecular flexibility index (Phi) is 5.65. The van der Waals surface area contributed by atoms with Crippen LogP contribution in [0.25, 0.3) is 0 Å². The van der Waals surface area contributed by atoms with Crippen molar-refractivity contribution in [1.82, 2.24) is 4.90 Å². The van der Waals surface area contributed by atoms with E-state index in [9.17, 15) is 9.59 Å². The van der Waals surface area contributed by atoms with Gasteiger partial charge >= 0.3 is 0 Å². The molecule has 1 fully saturated rings. The number of amides is 1. The summed E-state index contributed by atoms with van der Waals surface area (Å²) >= 11 is 1.57. The van der Waals surface area contributed by atoms with Crippen molar-refractivity contribution in [2.75, 3.05) is 12.3 Å². The molecule has 2 rings (SSSR count). The fraction of sp³-hybridized carbons (Fsp3) is 0.500. The standard InChI is InChI=1S/C16H21NO2S/c1-13(18)11-14-7-5-6-10-17(14)16(19)12-20-15-8-3-2-4-9-15/h2-4,8-9,14H,5-7,10-12H2,1H3. The first-order chi connectivity index (χ1) is 9.66. The molecule has 0 aliphatic carbocycles. The van der Waals surface area contributed by atoms with Gasteiger partial charge in [-0.15, -0.1) is 11.8 Å². The topological polar surface area (TPSA) is 37.4 Å². The van der Waals surface area contributed by atoms with Gasteiger partial charge in [0.1, 0.15) is 5.78 Å². The Morgan fingerprint density at radius 1 is 1.25 bits per heavy atom. The van der Waals surface area contributed by atoms with Crippen molar-refractivity contribution in [2.45, 2.75) is 43.5 Å². The summed E-state index contributed by atoms with van der Waals surface area (Å²) in [6.07, 6.45) is 3.63. The second-order valence-electron chi connectivity index (χ2n) is 5.24. The fourth-order valence-electron chi connectivity index (χ4n) is 2.62. The van der Waals surface area contributed by atoms with Crippen molar-refractivity contribution >= 4 is 23.5 Å². The number of piperidine rings is 1. The van der Waals surface area contributed by atoms with Crippen LogP contribution in [-0.2, 0) is 9.59 Å². The van der Waals surface area contributed by atoms with E-state index in [-0.39, 0.29) is 17.7 Å². The lowest BCUT2D eigenvalue weighted by molar-refractivity contribution is -0.133. The van der Waals surface area contributed by atoms with E-state index >= 15 is 0 Å². The van der Waals surface area contributed by atoms with Crippen LogP contribution in [0.15, 0.2) is 35.2 Å². The number of likely N-dealkylation sites (tertiary alicyclic amines) is 1. The first-order valence-corrected chi connectivity index (χ1v) is 8.12. The third kappa shape index (κ3) is 4.37. The predicted octanol–water partition coefficient (Wildman–Crippen LogP) is 3.14. The number of rotatable bonds is 5. The van der Waals surface area contributed by atoms with Crippen LogP contribution in [0.4, 0.5) is 0 Å². The molecule has 1 aliphatic heterocycles. The summed E-state index contributed by atoms with van der Waals surface area (Å²) in [4.78, 5) is 26.7. The number of carbonyl (C=O) groups is 2. The van der Waals surface area contributed by atoms with Crippen LogP contribution < -0.4 is 0 Å². The van der Waals surface area contributed by atoms with Crippen molar-refractivity contribution in [3.63, 3.8) is 0 Å². The van der Waals surface area contributed by atoms with Crippen molar-refractivity contribution in [1.29, 1.82) is 0 Å². The molecule has 1 amide bonds. The van der Waals surface area contributed by atoms with E-state index < -0.39 is 0 Å². The largest absolute Gasteiger partial charge is 0.339 e. The zero-order valence-corrected chi connectivity index (χ0v) is 12.7. The molecule has 0 saturated carbocycles. The van der Waals surface area contributed by atoms with Gasteiger partial charge in [-0.2, -0.15) is 0 Å². The molecule has 108 valence electrons. The number of Topliss-reactive ketones (excluding diaryl/α,β-unsaturated/α-hetero) is 1. The van der Waals surface area contributed by atoms with Crippen LogP contribution in [0.2, 0.25) is 0 Å². The van der Waals surface area contributed by atoms with E-state index in [1.165, 1.54) is 0 Å². The van der Waals surface area contributed by atoms with Crippen LogP contribution in [-0.4, -0.2) is 34.9 Å². The smallest absolute Gasteiger partial charge is 0.233 e. The monoisotopic (exact) mass is 291 g/mol. The van der Waals surface area contributed by atoms with Gasteiger partial charge in [0.25, 0.3) is 0 Å². The molecule has 20 heavy (non-hydrogen) atoms. The summed E-state index contributed by atoms with van der Waals surface area (Å²) in [5, 5.41) is 0. The minimum Gasteiger partial charge on any atom is -0.339 e. The number of hydrogen-bond donors (Lipinski definition) is 0. The number of ketones is 1. The average molecular weight is 291 g/mol. The zero-order valence-electron chi connectivity index (χ0n) is 11.9. The first-order valence-electron chi connectivity index (χ1n) is 7.13. The molecular weight excluding hydrogens is 270 g/mol. The molecule has 1 atom stereocenters. The van der Waals surface area contributed by atoms with Crippen molar-refractivity contribution in [3.8, 4) is 0 Å². The summed E-state index contributed by atoms with van der Waals surface area (Å²) < 4.78 is 0. The van der Waals surface area contributed by atoms with Gasteiger partial charge in [0.15, 0.2) is 0 Å². The van der Waals surface area contributed by atoms with E-state index in [4.69, 9.17) is 0 Å². The number of benzene rings is 1. The Morgan fingerprint density at radius 2 is 2.00 bits per heavy atom. The number of thioether (sulfide) groups is 1. The van der Waals surface area contributed by atoms with E-state index in [0.717, 1.165) is 30.7 Å². The maximum absolute atomic E-state index is 12.4. The lowest BCUT2D eigenvalue weighted by Crippen LogP contribution is -2.45. The summed E-state index contributed by atoms with van der Waals surface area (Å²) in [6.45, 7) is 2.40. The Morgan fingerprint density at radius 3 is 2.70 bits per heavy atom. The zero-order chi connectivity index (χ0) is 14.4. The minimum absolute atomic E-state index is 0.116. The maximum Gasteiger partial charge on any atom is 0.233 e. The molecule has 1 aromatic rings. The van der Waals surface area contributed by atoms with E-state index in [0.29, 0.717) is 12.2 Å². The Hall–Kier alpha value is -1.29. The third-order valence-corrected chi connectivity index (χ3v) is 4.57. The molecule has 1 aromatic carbocycles. The number of nitrogens with zero attached hydrogens (tertiary/aromatic N) is 1. The average Bonchev–Trinajstić information content (AvgIpc) is 2.46. The highest BCUT2D eigenvalue weighted by Crippen LogP contribution is 2.23. The normalized spacial score (nSPS) is 18.9. The van der Waals surface area contributed by atoms with Gasteiger partial charge in [-0.3, -0.25) is 9.59 Å². The fourth-order valence-corrected chi connectivity index (χ4v) is 3.42. The molecule has 4 heteroatoms. The molecule has 1 heterocycles. The third-order valence-electron chi connectivity index (χ3n) is 3.58. The van der Waals surface area contributed by atoms with E-state index in [1.54, 1.807) is 18.7 Å². The van der Waals surface area contributed by atoms with Crippen molar-refractivity contribution in [2.24, 2.45) is 0 Å². The minimum atomic E-state index is 0.116. The highest BCUT2D eigenvalue weighted by Gasteiger charge is 2.27. The quantitative estimate of drug-likeness (QED) is 0.782. The van der Waals surface area contributed by atoms with Crippen LogP contribution in [0, 0.1) is 0 Å². The molecule has 0 spiro atoms. The highest BCUT2D eigenvalue weighted by molar-refractivity contribution is 8.00. The van der Waals surface area contributed by atoms with Crippen LogP contribution in [0.1, 0.15) is 32.6 Å². The van der Waals surface area contributed by atoms with Gasteiger partial charge in [-0.05, 0) is 38.3 Å². The van der Waals surface area contributed by atoms with Crippen LogP contribution >= 0.6 is 11.8 Å². The molecule has 1 saturated heterocycles. The van der Waals surface area contributed by atoms with E-state index in [1.807, 2.05) is 35.2 Å². The van der Waals surface area contributed by atoms with Crippen LogP contribution in [0.5, 0.6) is 0 Å². The van der Waals surface area contributed by atoms with Gasteiger partial charge < -0.3 is 4.90 Å². The Balaban J connectivity index is 1.90. The number of hydrogen-bond acceptors (Lipinski definition) is 3. The lowest BCUT2D eigenvalue weighted by atomic mass is 9.98. The lowest BCUT2D eigenvalue weighted by Gasteiger charge is -2.35. The molecule has 0 radical (unpaired) electrons. The molecule has 0 N–H and O–H groups in total. The van der Waals surface area contributed by atoms with Gasteiger partial charge in [0.2, 0.25) is 5.91 Å². The van der Waals surface area contributed by atoms with Gasteiger partial charge in [0.05, 0.1) is 5.75 Å². The molecule has 0 bridgehead atoms. The van der Waals surface area contributed by atoms with Crippen molar-refractivity contribution < 1.29 is 9.59 Å². The van der Waals surface area contributed by atoms with E-state index in [2.05, 4.69) is 0 Å². The summed E-state index contributed by atoms with van der Waals surface area (Å²) in [5.41, 5.74) is 0. The predicted molar refractivity (Wildman–Crippen MR) is 81.8 cm³/mol. The summed E-state index contributed by atoms with van der Waals surface area (Å²) in [5.74, 6) is 0.786. The first kappa shape index (κ1) is 15.1. The SMILES string of the molecule is CC(=O)CC1CCCCN1C(=O)CSc1ccccc1. The second-order valence-corrected chi connectivity index (χ2v) is 6.29.